The quantitative estimate of drug-likeness (QED) is 0.144. The Kier molecular flexibility index (Phi) is 121. The summed E-state index contributed by atoms with van der Waals surface area (Å²) in [5.41, 5.74) is 0. The molecule has 0 aliphatic rings. The Hall–Kier alpha value is -0.422. The molecule has 0 fully saturated rings. The van der Waals surface area contributed by atoms with Crippen LogP contribution in [-0.4, -0.2) is 16.8 Å². The topological polar surface area (TPSA) is 164 Å². The van der Waals surface area contributed by atoms with E-state index in [2.05, 4.69) is 11.5 Å². The van der Waals surface area contributed by atoms with Crippen molar-refractivity contribution in [3.8, 4) is 0 Å². The molecule has 0 saturated heterocycles. The summed E-state index contributed by atoms with van der Waals surface area (Å²) in [5, 5.41) is 8.43. The van der Waals surface area contributed by atoms with Gasteiger partial charge in [-0.05, 0) is 13.8 Å². The van der Waals surface area contributed by atoms with Crippen LogP contribution < -0.4 is 5.26 Å². The van der Waals surface area contributed by atoms with Crippen LogP contribution in [0.4, 0.5) is 10.7 Å². The van der Waals surface area contributed by atoms with Gasteiger partial charge in [0, 0.05) is 0 Å². The van der Waals surface area contributed by atoms with Gasteiger partial charge in [-0.2, -0.15) is 0 Å². The summed E-state index contributed by atoms with van der Waals surface area (Å²) in [5.74, 6) is 0. The summed E-state index contributed by atoms with van der Waals surface area (Å²) in [7, 11) is -1.42. The van der Waals surface area contributed by atoms with E-state index in [1.165, 1.54) is 6.26 Å². The third kappa shape index (κ3) is 714. The maximum atomic E-state index is 9.75. The van der Waals surface area contributed by atoms with Crippen LogP contribution in [0.1, 0.15) is 21.3 Å². The number of hydrogen-bond donors (Lipinski definition) is 1. The fraction of sp³-hybridized carbons (Fsp3) is 0.571. The number of carbonyl (C=O) groups excluding carboxylic acids is 1. The number of ether oxygens (including phenoxy) is 1. The van der Waals surface area contributed by atoms with Crippen molar-refractivity contribution in [2.24, 2.45) is 0 Å². The maximum absolute atomic E-state index is 9.75. The van der Waals surface area contributed by atoms with Crippen molar-refractivity contribution >= 4 is 14.8 Å². The van der Waals surface area contributed by atoms with E-state index in [0.717, 1.165) is 0 Å². The van der Waals surface area contributed by atoms with Gasteiger partial charge in [-0.3, -0.25) is 4.79 Å². The molecular weight excluding hydrogens is 500 g/mol. The second kappa shape index (κ2) is 66.4. The van der Waals surface area contributed by atoms with E-state index in [-0.39, 0.29) is 20.0 Å². The second-order valence-electron chi connectivity index (χ2n) is 1.90. The first-order valence-electron chi connectivity index (χ1n) is 4.07. The third-order valence-corrected chi connectivity index (χ3v) is 0.408. The van der Waals surface area contributed by atoms with E-state index >= 15 is 0 Å². The Labute approximate surface area is 155 Å². The summed E-state index contributed by atoms with van der Waals surface area (Å²) >= 11 is -6.50. The van der Waals surface area contributed by atoms with E-state index in [0.29, 0.717) is 0 Å². The third-order valence-electron chi connectivity index (χ3n) is 0.408. The molecule has 0 radical (unpaired) electrons. The molecule has 0 aliphatic heterocycles. The van der Waals surface area contributed by atoms with Gasteiger partial charge in [0.1, 0.15) is 0 Å². The Balaban J connectivity index is -0.0000000294. The zero-order valence-electron chi connectivity index (χ0n) is 11.3. The molecule has 156 valence electrons. The van der Waals surface area contributed by atoms with Gasteiger partial charge in [-0.25, -0.2) is 9.13 Å². The van der Waals surface area contributed by atoms with Crippen LogP contribution in [0.15, 0.2) is 12.8 Å². The first-order chi connectivity index (χ1) is 10.7. The van der Waals surface area contributed by atoms with Crippen molar-refractivity contribution in [3.63, 3.8) is 0 Å². The van der Waals surface area contributed by atoms with E-state index in [1.54, 1.807) is 0 Å². The molecule has 0 aromatic heterocycles. The molecule has 1 N–H and O–H groups in total. The molecule has 0 amide bonds. The minimum atomic E-state index is -4.25. The van der Waals surface area contributed by atoms with E-state index in [4.69, 9.17) is 39.6 Å². The average Bonchev–Trinajstić information content (AvgIpc) is 2.41. The molecule has 0 bridgehead atoms. The predicted molar refractivity (Wildman–Crippen MR) is 57.6 cm³/mol. The molecule has 0 atom stereocenters. The van der Waals surface area contributed by atoms with Gasteiger partial charge in [0.05, 0.1) is 12.4 Å². The fourth-order valence-corrected chi connectivity index (χ4v) is 0.192. The van der Waals surface area contributed by atoms with Gasteiger partial charge in [-0.15, -0.1) is 0 Å². The molecule has 17 heteroatoms. The summed E-state index contributed by atoms with van der Waals surface area (Å²) in [6.07, 6.45) is 1.73. The fourth-order valence-electron chi connectivity index (χ4n) is 0.192. The minimum absolute atomic E-state index is 0. The van der Waals surface area contributed by atoms with E-state index in [1.807, 2.05) is 13.8 Å². The van der Waals surface area contributed by atoms with Crippen LogP contribution in [0.2, 0.25) is 0 Å². The van der Waals surface area contributed by atoms with Crippen molar-refractivity contribution in [2.75, 3.05) is 0 Å². The molecule has 0 saturated carbocycles. The Bertz CT molecular complexity index is 285. The molecule has 0 unspecified atom stereocenters. The number of halogens is 3. The number of carbonyl (C=O) groups is 1. The molecule has 10 nitrogen and oxygen atoms in total. The van der Waals surface area contributed by atoms with Crippen LogP contribution in [0.3, 0.4) is 0 Å². The van der Waals surface area contributed by atoms with Crippen molar-refractivity contribution in [2.45, 2.75) is 27.4 Å². The van der Waals surface area contributed by atoms with Crippen molar-refractivity contribution in [3.05, 3.63) is 12.8 Å². The van der Waals surface area contributed by atoms with Crippen LogP contribution in [0.5, 0.6) is 0 Å². The molecule has 0 aromatic carbocycles. The van der Waals surface area contributed by atoms with Crippen LogP contribution in [0, 0.1) is 0 Å². The molecule has 0 heterocycles. The first kappa shape index (κ1) is 43.7. The summed E-state index contributed by atoms with van der Waals surface area (Å²) in [6, 6.07) is 0. The van der Waals surface area contributed by atoms with Gasteiger partial charge in [-0.1, -0.05) is 14.0 Å². The molecule has 0 aliphatic carbocycles. The second-order valence-corrected chi connectivity index (χ2v) is 2.93. The number of rotatable bonds is 3. The Morgan fingerprint density at radius 2 is 1.42 bits per heavy atom. The van der Waals surface area contributed by atoms with Gasteiger partial charge < -0.3 is 14.9 Å². The molecular formula is C7H17F3Fe3O10P-. The van der Waals surface area contributed by atoms with Crippen molar-refractivity contribution in [1.29, 1.82) is 0 Å². The van der Waals surface area contributed by atoms with Gasteiger partial charge in [0.15, 0.2) is 0 Å². The predicted octanol–water partition coefficient (Wildman–Crippen LogP) is 1.32. The molecule has 0 aromatic rings. The first-order valence-corrected chi connectivity index (χ1v) is 7.99. The normalized spacial score (nSPS) is 6.75. The Morgan fingerprint density at radius 1 is 1.25 bits per heavy atom. The van der Waals surface area contributed by atoms with Gasteiger partial charge in [0.25, 0.3) is 6.47 Å². The molecule has 0 spiro atoms. The van der Waals surface area contributed by atoms with Crippen LogP contribution >= 0.6 is 8.34 Å². The van der Waals surface area contributed by atoms with Crippen molar-refractivity contribution < 1.29 is 100 Å². The van der Waals surface area contributed by atoms with Crippen LogP contribution in [0.25, 0.3) is 0 Å². The average molecular weight is 517 g/mol. The van der Waals surface area contributed by atoms with Gasteiger partial charge in [0.2, 0.25) is 0 Å². The summed E-state index contributed by atoms with van der Waals surface area (Å²) in [4.78, 5) is 11.2. The SMILES string of the molecule is C.C=COC(C)C.O=CO[O-].O=[PH]=O.[F][Fe]([F])[F].[O]=[Fe]=[O].[O]=[Fe][OH]. The monoisotopic (exact) mass is 517 g/mol. The standard InChI is InChI=1S/C5H10O.CH2O3.CH4.3FH.3Fe.HO2P.H2O.3O/c1-4-6-5(2)3;2-1-4-3;;;;;;;;1-3-2;;;;/h4-5H,1H2,2-3H3;1,3H;1H4;3*1H;;;;3H;1H2;;;/q;;;;;;;+1;+3;;;;;/p-5. The Morgan fingerprint density at radius 3 is 1.42 bits per heavy atom. The van der Waals surface area contributed by atoms with Gasteiger partial charge >= 0.3 is 80.0 Å². The zero-order chi connectivity index (χ0) is 20.1. The van der Waals surface area contributed by atoms with Crippen molar-refractivity contribution in [1.82, 2.24) is 0 Å². The summed E-state index contributed by atoms with van der Waals surface area (Å²) in [6.45, 7) is 7.12. The van der Waals surface area contributed by atoms with Crippen LogP contribution in [-0.2, 0) is 80.4 Å². The molecule has 24 heavy (non-hydrogen) atoms. The van der Waals surface area contributed by atoms with E-state index < -0.39 is 53.6 Å². The summed E-state index contributed by atoms with van der Waals surface area (Å²) < 4.78 is 83.1. The number of hydrogen-bond acceptors (Lipinski definition) is 9. The van der Waals surface area contributed by atoms with E-state index in [9.17, 15) is 10.7 Å². The molecule has 0 rings (SSSR count). The zero-order valence-corrected chi connectivity index (χ0v) is 15.6.